The van der Waals surface area contributed by atoms with Crippen LogP contribution in [0.4, 0.5) is 8.78 Å². The van der Waals surface area contributed by atoms with E-state index in [1.54, 1.807) is 0 Å². The fraction of sp³-hybridized carbons (Fsp3) is 0.647. The third-order valence-corrected chi connectivity index (χ3v) is 5.64. The quantitative estimate of drug-likeness (QED) is 0.835. The molecule has 1 fully saturated rings. The highest BCUT2D eigenvalue weighted by molar-refractivity contribution is 8.00. The van der Waals surface area contributed by atoms with Crippen molar-refractivity contribution in [2.24, 2.45) is 11.7 Å². The minimum absolute atomic E-state index is 0.0403. The van der Waals surface area contributed by atoms with Crippen LogP contribution in [0.25, 0.3) is 0 Å². The molecule has 1 aliphatic carbocycles. The average molecular weight is 313 g/mol. The number of hydrogen-bond donors (Lipinski definition) is 1. The summed E-state index contributed by atoms with van der Waals surface area (Å²) in [6, 6.07) is 2.86. The standard InChI is InChI=1S/C17H25F2NS/c1-3-13(20)8-12-9-15(18)17(16(19)10-12)21-14-6-4-5-11(2)7-14/h9-11,13-14H,3-8,20H2,1-2H3. The van der Waals surface area contributed by atoms with Gasteiger partial charge in [-0.05, 0) is 49.3 Å². The third kappa shape index (κ3) is 4.68. The van der Waals surface area contributed by atoms with Crippen LogP contribution in [0.1, 0.15) is 51.5 Å². The Kier molecular flexibility index (Phi) is 6.06. The molecule has 1 aliphatic rings. The summed E-state index contributed by atoms with van der Waals surface area (Å²) in [6.07, 6.45) is 5.82. The summed E-state index contributed by atoms with van der Waals surface area (Å²) in [7, 11) is 0. The van der Waals surface area contributed by atoms with Crippen molar-refractivity contribution in [1.29, 1.82) is 0 Å². The fourth-order valence-electron chi connectivity index (χ4n) is 2.94. The van der Waals surface area contributed by atoms with Crippen molar-refractivity contribution in [2.45, 2.75) is 68.6 Å². The van der Waals surface area contributed by atoms with Gasteiger partial charge in [0.2, 0.25) is 0 Å². The Morgan fingerprint density at radius 1 is 1.29 bits per heavy atom. The Morgan fingerprint density at radius 2 is 1.95 bits per heavy atom. The molecule has 2 rings (SSSR count). The molecular formula is C17H25F2NS. The molecule has 1 aromatic rings. The monoisotopic (exact) mass is 313 g/mol. The van der Waals surface area contributed by atoms with Gasteiger partial charge in [-0.2, -0.15) is 0 Å². The lowest BCUT2D eigenvalue weighted by Crippen LogP contribution is -2.21. The van der Waals surface area contributed by atoms with E-state index in [0.29, 0.717) is 23.2 Å². The molecule has 1 saturated carbocycles. The van der Waals surface area contributed by atoms with Crippen LogP contribution in [-0.4, -0.2) is 11.3 Å². The lowest BCUT2D eigenvalue weighted by molar-refractivity contribution is 0.393. The summed E-state index contributed by atoms with van der Waals surface area (Å²) >= 11 is 1.37. The molecule has 1 aromatic carbocycles. The summed E-state index contributed by atoms with van der Waals surface area (Å²) in [5, 5.41) is 0.335. The van der Waals surface area contributed by atoms with Gasteiger partial charge in [0.15, 0.2) is 0 Å². The molecule has 0 radical (unpaired) electrons. The first-order chi connectivity index (χ1) is 9.99. The van der Waals surface area contributed by atoms with Gasteiger partial charge >= 0.3 is 0 Å². The van der Waals surface area contributed by atoms with Crippen LogP contribution in [0.15, 0.2) is 17.0 Å². The molecule has 0 aromatic heterocycles. The highest BCUT2D eigenvalue weighted by Gasteiger charge is 2.23. The number of thioether (sulfide) groups is 1. The Bertz CT molecular complexity index is 455. The summed E-state index contributed by atoms with van der Waals surface area (Å²) in [5.74, 6) is -0.211. The summed E-state index contributed by atoms with van der Waals surface area (Å²) in [4.78, 5) is 0.183. The van der Waals surface area contributed by atoms with E-state index in [2.05, 4.69) is 6.92 Å². The van der Waals surface area contributed by atoms with Gasteiger partial charge < -0.3 is 5.73 Å². The van der Waals surface area contributed by atoms with E-state index in [1.165, 1.54) is 30.3 Å². The van der Waals surface area contributed by atoms with Crippen molar-refractivity contribution >= 4 is 11.8 Å². The molecule has 4 heteroatoms. The van der Waals surface area contributed by atoms with Gasteiger partial charge in [0.1, 0.15) is 11.6 Å². The number of nitrogens with two attached hydrogens (primary N) is 1. The number of hydrogen-bond acceptors (Lipinski definition) is 2. The molecule has 1 nitrogen and oxygen atoms in total. The van der Waals surface area contributed by atoms with E-state index in [9.17, 15) is 8.78 Å². The minimum atomic E-state index is -0.434. The van der Waals surface area contributed by atoms with Crippen molar-refractivity contribution in [3.8, 4) is 0 Å². The van der Waals surface area contributed by atoms with Gasteiger partial charge in [-0.25, -0.2) is 8.78 Å². The second kappa shape index (κ2) is 7.59. The number of benzene rings is 1. The second-order valence-electron chi connectivity index (χ2n) is 6.27. The Morgan fingerprint density at radius 3 is 2.52 bits per heavy atom. The molecule has 3 atom stereocenters. The van der Waals surface area contributed by atoms with Crippen LogP contribution in [-0.2, 0) is 6.42 Å². The van der Waals surface area contributed by atoms with Crippen molar-refractivity contribution in [1.82, 2.24) is 0 Å². The molecule has 2 N–H and O–H groups in total. The van der Waals surface area contributed by atoms with E-state index in [-0.39, 0.29) is 10.9 Å². The molecular weight excluding hydrogens is 288 g/mol. The Balaban J connectivity index is 2.09. The van der Waals surface area contributed by atoms with Crippen LogP contribution in [0.3, 0.4) is 0 Å². The first-order valence-corrected chi connectivity index (χ1v) is 8.77. The van der Waals surface area contributed by atoms with E-state index >= 15 is 0 Å². The minimum Gasteiger partial charge on any atom is -0.327 e. The summed E-state index contributed by atoms with van der Waals surface area (Å²) < 4.78 is 28.4. The maximum Gasteiger partial charge on any atom is 0.140 e. The predicted octanol–water partition coefficient (Wildman–Crippen LogP) is 4.92. The molecule has 0 bridgehead atoms. The maximum atomic E-state index is 14.2. The van der Waals surface area contributed by atoms with Crippen LogP contribution < -0.4 is 5.73 Å². The van der Waals surface area contributed by atoms with Gasteiger partial charge in [0, 0.05) is 11.3 Å². The highest BCUT2D eigenvalue weighted by atomic mass is 32.2. The SMILES string of the molecule is CCC(N)Cc1cc(F)c(SC2CCCC(C)C2)c(F)c1. The molecule has 0 spiro atoms. The number of halogens is 2. The second-order valence-corrected chi connectivity index (χ2v) is 7.58. The van der Waals surface area contributed by atoms with E-state index in [0.717, 1.165) is 25.7 Å². The van der Waals surface area contributed by atoms with Crippen molar-refractivity contribution in [2.75, 3.05) is 0 Å². The highest BCUT2D eigenvalue weighted by Crippen LogP contribution is 2.38. The van der Waals surface area contributed by atoms with Crippen molar-refractivity contribution < 1.29 is 8.78 Å². The van der Waals surface area contributed by atoms with Gasteiger partial charge in [0.05, 0.1) is 4.90 Å². The van der Waals surface area contributed by atoms with E-state index in [1.807, 2.05) is 6.92 Å². The zero-order valence-corrected chi connectivity index (χ0v) is 13.7. The lowest BCUT2D eigenvalue weighted by Gasteiger charge is -2.26. The average Bonchev–Trinajstić information content (AvgIpc) is 2.43. The summed E-state index contributed by atoms with van der Waals surface area (Å²) in [6.45, 7) is 4.19. The van der Waals surface area contributed by atoms with Gasteiger partial charge in [0.25, 0.3) is 0 Å². The number of rotatable bonds is 5. The molecule has 21 heavy (non-hydrogen) atoms. The van der Waals surface area contributed by atoms with Crippen molar-refractivity contribution in [3.05, 3.63) is 29.3 Å². The van der Waals surface area contributed by atoms with E-state index < -0.39 is 11.6 Å². The molecule has 3 unspecified atom stereocenters. The lowest BCUT2D eigenvalue weighted by atomic mass is 9.91. The first kappa shape index (κ1) is 16.8. The van der Waals surface area contributed by atoms with Crippen LogP contribution in [0.5, 0.6) is 0 Å². The van der Waals surface area contributed by atoms with Crippen LogP contribution in [0, 0.1) is 17.6 Å². The fourth-order valence-corrected chi connectivity index (χ4v) is 4.33. The van der Waals surface area contributed by atoms with Gasteiger partial charge in [-0.1, -0.05) is 26.7 Å². The van der Waals surface area contributed by atoms with Gasteiger partial charge in [-0.3, -0.25) is 0 Å². The van der Waals surface area contributed by atoms with Crippen molar-refractivity contribution in [3.63, 3.8) is 0 Å². The van der Waals surface area contributed by atoms with E-state index in [4.69, 9.17) is 5.73 Å². The van der Waals surface area contributed by atoms with Gasteiger partial charge in [-0.15, -0.1) is 11.8 Å². The summed E-state index contributed by atoms with van der Waals surface area (Å²) in [5.41, 5.74) is 6.51. The topological polar surface area (TPSA) is 26.0 Å². The third-order valence-electron chi connectivity index (χ3n) is 4.25. The largest absolute Gasteiger partial charge is 0.327 e. The molecule has 0 amide bonds. The molecule has 0 heterocycles. The molecule has 118 valence electrons. The zero-order chi connectivity index (χ0) is 15.4. The van der Waals surface area contributed by atoms with Crippen LogP contribution in [0.2, 0.25) is 0 Å². The smallest absolute Gasteiger partial charge is 0.140 e. The Labute approximate surface area is 130 Å². The zero-order valence-electron chi connectivity index (χ0n) is 12.9. The molecule has 0 saturated heterocycles. The predicted molar refractivity (Wildman–Crippen MR) is 85.6 cm³/mol. The maximum absolute atomic E-state index is 14.2. The molecule has 0 aliphatic heterocycles. The Hall–Kier alpha value is -0.610. The van der Waals surface area contributed by atoms with Crippen LogP contribution >= 0.6 is 11.8 Å². The first-order valence-electron chi connectivity index (χ1n) is 7.89. The normalized spacial score (nSPS) is 24.0.